The van der Waals surface area contributed by atoms with Crippen molar-refractivity contribution < 1.29 is 0 Å². The van der Waals surface area contributed by atoms with Crippen LogP contribution in [0.1, 0.15) is 38.1 Å². The van der Waals surface area contributed by atoms with Gasteiger partial charge in [-0.1, -0.05) is 13.8 Å². The standard InChI is InChI=1S/C14H21N5/c1-3-5-13-16-7-8-19(13)14-17-10-12(11-18-14)9-15-6-4-2/h7-8,10-11,15H,3-6,9H2,1-2H3. The minimum absolute atomic E-state index is 0.695. The van der Waals surface area contributed by atoms with Crippen molar-refractivity contribution in [1.29, 1.82) is 0 Å². The lowest BCUT2D eigenvalue weighted by Crippen LogP contribution is -2.14. The van der Waals surface area contributed by atoms with Crippen molar-refractivity contribution in [3.63, 3.8) is 0 Å². The van der Waals surface area contributed by atoms with Gasteiger partial charge in [-0.15, -0.1) is 0 Å². The highest BCUT2D eigenvalue weighted by Crippen LogP contribution is 2.07. The third kappa shape index (κ3) is 3.61. The molecule has 1 N–H and O–H groups in total. The molecular weight excluding hydrogens is 238 g/mol. The third-order valence-electron chi connectivity index (χ3n) is 2.85. The van der Waals surface area contributed by atoms with Gasteiger partial charge in [0.25, 0.3) is 0 Å². The summed E-state index contributed by atoms with van der Waals surface area (Å²) in [7, 11) is 0. The van der Waals surface area contributed by atoms with Gasteiger partial charge in [-0.25, -0.2) is 15.0 Å². The van der Waals surface area contributed by atoms with Gasteiger partial charge in [-0.05, 0) is 19.4 Å². The molecule has 0 aromatic carbocycles. The molecule has 102 valence electrons. The SMILES string of the molecule is CCCNCc1cnc(-n2ccnc2CCC)nc1. The monoisotopic (exact) mass is 259 g/mol. The molecule has 0 saturated heterocycles. The number of hydrogen-bond acceptors (Lipinski definition) is 4. The van der Waals surface area contributed by atoms with Gasteiger partial charge in [-0.2, -0.15) is 0 Å². The average molecular weight is 259 g/mol. The number of imidazole rings is 1. The molecule has 5 heteroatoms. The Balaban J connectivity index is 2.07. The van der Waals surface area contributed by atoms with Gasteiger partial charge < -0.3 is 5.32 Å². The number of hydrogen-bond donors (Lipinski definition) is 1. The van der Waals surface area contributed by atoms with Crippen LogP contribution in [0.3, 0.4) is 0 Å². The van der Waals surface area contributed by atoms with Crippen LogP contribution >= 0.6 is 0 Å². The number of aryl methyl sites for hydroxylation is 1. The Labute approximate surface area is 114 Å². The van der Waals surface area contributed by atoms with E-state index >= 15 is 0 Å². The number of rotatable bonds is 7. The highest BCUT2D eigenvalue weighted by molar-refractivity contribution is 5.17. The maximum absolute atomic E-state index is 4.41. The van der Waals surface area contributed by atoms with Gasteiger partial charge in [0.2, 0.25) is 5.95 Å². The van der Waals surface area contributed by atoms with Crippen LogP contribution in [-0.4, -0.2) is 26.1 Å². The Kier molecular flexibility index (Phi) is 5.03. The maximum atomic E-state index is 4.41. The van der Waals surface area contributed by atoms with Crippen LogP contribution in [0.4, 0.5) is 0 Å². The first-order valence-electron chi connectivity index (χ1n) is 6.89. The molecule has 2 aromatic heterocycles. The summed E-state index contributed by atoms with van der Waals surface area (Å²) in [5.41, 5.74) is 1.11. The normalized spacial score (nSPS) is 10.8. The first-order valence-corrected chi connectivity index (χ1v) is 6.89. The molecule has 5 nitrogen and oxygen atoms in total. The van der Waals surface area contributed by atoms with Crippen LogP contribution in [0.5, 0.6) is 0 Å². The van der Waals surface area contributed by atoms with E-state index in [0.717, 1.165) is 43.7 Å². The van der Waals surface area contributed by atoms with Crippen molar-refractivity contribution >= 4 is 0 Å². The zero-order chi connectivity index (χ0) is 13.5. The summed E-state index contributed by atoms with van der Waals surface area (Å²) in [5, 5.41) is 3.34. The van der Waals surface area contributed by atoms with E-state index in [1.54, 1.807) is 6.20 Å². The molecule has 2 aromatic rings. The molecule has 0 unspecified atom stereocenters. The summed E-state index contributed by atoms with van der Waals surface area (Å²) in [6.45, 7) is 6.13. The Morgan fingerprint density at radius 1 is 1.11 bits per heavy atom. The Hall–Kier alpha value is -1.75. The summed E-state index contributed by atoms with van der Waals surface area (Å²) >= 11 is 0. The molecule has 19 heavy (non-hydrogen) atoms. The van der Waals surface area contributed by atoms with E-state index in [4.69, 9.17) is 0 Å². The van der Waals surface area contributed by atoms with E-state index in [2.05, 4.69) is 34.1 Å². The van der Waals surface area contributed by atoms with Gasteiger partial charge in [0.05, 0.1) is 0 Å². The topological polar surface area (TPSA) is 55.6 Å². The maximum Gasteiger partial charge on any atom is 0.235 e. The third-order valence-corrected chi connectivity index (χ3v) is 2.85. The van der Waals surface area contributed by atoms with Crippen LogP contribution in [0.25, 0.3) is 5.95 Å². The summed E-state index contributed by atoms with van der Waals surface area (Å²) in [6, 6.07) is 0. The smallest absolute Gasteiger partial charge is 0.235 e. The molecule has 0 aliphatic heterocycles. The highest BCUT2D eigenvalue weighted by atomic mass is 15.2. The zero-order valence-corrected chi connectivity index (χ0v) is 11.6. The molecule has 0 aliphatic rings. The largest absolute Gasteiger partial charge is 0.313 e. The van der Waals surface area contributed by atoms with E-state index < -0.39 is 0 Å². The highest BCUT2D eigenvalue weighted by Gasteiger charge is 2.06. The predicted molar refractivity (Wildman–Crippen MR) is 75.1 cm³/mol. The molecule has 0 fully saturated rings. The fourth-order valence-electron chi connectivity index (χ4n) is 1.90. The molecule has 0 spiro atoms. The molecule has 2 rings (SSSR count). The van der Waals surface area contributed by atoms with Crippen molar-refractivity contribution in [2.45, 2.75) is 39.7 Å². The zero-order valence-electron chi connectivity index (χ0n) is 11.6. The van der Waals surface area contributed by atoms with E-state index in [9.17, 15) is 0 Å². The van der Waals surface area contributed by atoms with Crippen LogP contribution in [-0.2, 0) is 13.0 Å². The molecule has 0 bridgehead atoms. The van der Waals surface area contributed by atoms with Crippen molar-refractivity contribution in [1.82, 2.24) is 24.8 Å². The summed E-state index contributed by atoms with van der Waals surface area (Å²) < 4.78 is 1.95. The molecule has 0 atom stereocenters. The molecule has 2 heterocycles. The molecular formula is C14H21N5. The van der Waals surface area contributed by atoms with Crippen molar-refractivity contribution in [2.24, 2.45) is 0 Å². The van der Waals surface area contributed by atoms with Gasteiger partial charge >= 0.3 is 0 Å². The second-order valence-electron chi connectivity index (χ2n) is 4.53. The number of nitrogens with one attached hydrogen (secondary N) is 1. The first-order chi connectivity index (χ1) is 9.35. The quantitative estimate of drug-likeness (QED) is 0.774. The Bertz CT molecular complexity index is 489. The lowest BCUT2D eigenvalue weighted by atomic mass is 10.3. The van der Waals surface area contributed by atoms with Crippen LogP contribution in [0.2, 0.25) is 0 Å². The molecule has 0 amide bonds. The van der Waals surface area contributed by atoms with E-state index in [1.165, 1.54) is 0 Å². The van der Waals surface area contributed by atoms with Crippen LogP contribution < -0.4 is 5.32 Å². The molecule has 0 saturated carbocycles. The Morgan fingerprint density at radius 3 is 2.58 bits per heavy atom. The van der Waals surface area contributed by atoms with Crippen molar-refractivity contribution in [3.8, 4) is 5.95 Å². The minimum atomic E-state index is 0.695. The van der Waals surface area contributed by atoms with Gasteiger partial charge in [0.1, 0.15) is 5.82 Å². The van der Waals surface area contributed by atoms with Gasteiger partial charge in [0, 0.05) is 43.3 Å². The van der Waals surface area contributed by atoms with Gasteiger partial charge in [0.15, 0.2) is 0 Å². The van der Waals surface area contributed by atoms with Gasteiger partial charge in [-0.3, -0.25) is 4.57 Å². The minimum Gasteiger partial charge on any atom is -0.313 e. The van der Waals surface area contributed by atoms with E-state index in [1.807, 2.05) is 23.2 Å². The Morgan fingerprint density at radius 2 is 1.89 bits per heavy atom. The van der Waals surface area contributed by atoms with Crippen molar-refractivity contribution in [3.05, 3.63) is 36.2 Å². The summed E-state index contributed by atoms with van der Waals surface area (Å²) in [6.07, 6.45) is 10.6. The second kappa shape index (κ2) is 6.99. The van der Waals surface area contributed by atoms with E-state index in [-0.39, 0.29) is 0 Å². The predicted octanol–water partition coefficient (Wildman–Crippen LogP) is 2.11. The fourth-order valence-corrected chi connectivity index (χ4v) is 1.90. The number of aromatic nitrogens is 4. The summed E-state index contributed by atoms with van der Waals surface area (Å²) in [4.78, 5) is 13.2. The summed E-state index contributed by atoms with van der Waals surface area (Å²) in [5.74, 6) is 1.71. The lowest BCUT2D eigenvalue weighted by molar-refractivity contribution is 0.670. The van der Waals surface area contributed by atoms with E-state index in [0.29, 0.717) is 5.95 Å². The lowest BCUT2D eigenvalue weighted by Gasteiger charge is -2.06. The van der Waals surface area contributed by atoms with Crippen molar-refractivity contribution in [2.75, 3.05) is 6.54 Å². The van der Waals surface area contributed by atoms with Crippen LogP contribution in [0.15, 0.2) is 24.8 Å². The average Bonchev–Trinajstić information content (AvgIpc) is 2.89. The molecule has 0 radical (unpaired) electrons. The van der Waals surface area contributed by atoms with Crippen LogP contribution in [0, 0.1) is 0 Å². The molecule has 0 aliphatic carbocycles. The first kappa shape index (κ1) is 13.7. The fraction of sp³-hybridized carbons (Fsp3) is 0.500. The second-order valence-corrected chi connectivity index (χ2v) is 4.53. The number of nitrogens with zero attached hydrogens (tertiary/aromatic N) is 4.